The van der Waals surface area contributed by atoms with Gasteiger partial charge in [-0.2, -0.15) is 0 Å². The van der Waals surface area contributed by atoms with Gasteiger partial charge in [-0.3, -0.25) is 14.4 Å². The number of carbonyl (C=O) groups excluding carboxylic acids is 3. The number of amides is 3. The lowest BCUT2D eigenvalue weighted by molar-refractivity contribution is -0.158. The Hall–Kier alpha value is -2.18. The molecule has 0 aromatic rings. The molecule has 12 heteroatoms. The quantitative estimate of drug-likeness (QED) is 0.331. The van der Waals surface area contributed by atoms with E-state index in [1.165, 1.54) is 16.7 Å². The molecule has 3 fully saturated rings. The molecule has 0 aromatic carbocycles. The van der Waals surface area contributed by atoms with Gasteiger partial charge in [0.2, 0.25) is 17.7 Å². The number of hydrogen-bond donors (Lipinski definition) is 4. The highest BCUT2D eigenvalue weighted by Crippen LogP contribution is 2.51. The highest BCUT2D eigenvalue weighted by Gasteiger charge is 2.60. The zero-order valence-electron chi connectivity index (χ0n) is 19.5. The first-order valence-electron chi connectivity index (χ1n) is 11.7. The Morgan fingerprint density at radius 2 is 2.09 bits per heavy atom. The predicted molar refractivity (Wildman–Crippen MR) is 123 cm³/mol. The Kier molecular flexibility index (Phi) is 7.20. The molecule has 10 nitrogen and oxygen atoms in total. The van der Waals surface area contributed by atoms with Crippen molar-refractivity contribution in [2.45, 2.75) is 56.2 Å². The molecule has 3 amide bonds. The number of rotatable bonds is 8. The third-order valence-electron chi connectivity index (χ3n) is 7.18. The van der Waals surface area contributed by atoms with Crippen molar-refractivity contribution in [1.82, 2.24) is 25.8 Å². The SMILES string of the molecule is CNCC(=O)N[C@H](C)[C@H]1C(=O)N2C(C(=O)O)=C(S[C@@H]3CN[C@H](C(=O)N4CC[C@@H](F)C4)C3)[C@H](C)[C@H]12. The number of carboxylic acid groups (broad SMARTS) is 1. The van der Waals surface area contributed by atoms with Gasteiger partial charge < -0.3 is 30.9 Å². The highest BCUT2D eigenvalue weighted by atomic mass is 32.2. The minimum atomic E-state index is -1.15. The minimum absolute atomic E-state index is 0.00657. The van der Waals surface area contributed by atoms with Crippen LogP contribution in [-0.2, 0) is 19.2 Å². The fourth-order valence-corrected chi connectivity index (χ4v) is 7.03. The Morgan fingerprint density at radius 1 is 1.35 bits per heavy atom. The second-order valence-electron chi connectivity index (χ2n) is 9.52. The molecule has 4 rings (SSSR count). The van der Waals surface area contributed by atoms with Crippen molar-refractivity contribution >= 4 is 35.5 Å². The van der Waals surface area contributed by atoms with E-state index in [1.807, 2.05) is 6.92 Å². The molecule has 0 bridgehead atoms. The normalized spacial score (nSPS) is 33.7. The van der Waals surface area contributed by atoms with Crippen LogP contribution in [0.2, 0.25) is 0 Å². The molecule has 0 spiro atoms. The van der Waals surface area contributed by atoms with Crippen LogP contribution in [0.5, 0.6) is 0 Å². The second-order valence-corrected chi connectivity index (χ2v) is 10.9. The summed E-state index contributed by atoms with van der Waals surface area (Å²) in [4.78, 5) is 53.3. The van der Waals surface area contributed by atoms with Gasteiger partial charge in [-0.15, -0.1) is 11.8 Å². The summed E-state index contributed by atoms with van der Waals surface area (Å²) in [5, 5.41) is 18.7. The van der Waals surface area contributed by atoms with Crippen LogP contribution in [0.4, 0.5) is 4.39 Å². The number of carboxylic acids is 1. The maximum Gasteiger partial charge on any atom is 0.353 e. The van der Waals surface area contributed by atoms with Crippen molar-refractivity contribution in [1.29, 1.82) is 0 Å². The van der Waals surface area contributed by atoms with Crippen LogP contribution in [0.1, 0.15) is 26.7 Å². The number of likely N-dealkylation sites (N-methyl/N-ethyl adjacent to an activating group) is 1. The summed E-state index contributed by atoms with van der Waals surface area (Å²) >= 11 is 1.41. The molecule has 4 N–H and O–H groups in total. The minimum Gasteiger partial charge on any atom is -0.477 e. The predicted octanol–water partition coefficient (Wildman–Crippen LogP) is -0.482. The fourth-order valence-electron chi connectivity index (χ4n) is 5.55. The maximum atomic E-state index is 13.5. The van der Waals surface area contributed by atoms with Gasteiger partial charge in [-0.25, -0.2) is 9.18 Å². The Bertz CT molecular complexity index is 916. The van der Waals surface area contributed by atoms with E-state index in [0.29, 0.717) is 30.8 Å². The first kappa shape index (κ1) is 24.9. The maximum absolute atomic E-state index is 13.5. The zero-order chi connectivity index (χ0) is 24.7. The number of carbonyl (C=O) groups is 4. The summed E-state index contributed by atoms with van der Waals surface area (Å²) in [5.74, 6) is -2.49. The molecule has 7 atom stereocenters. The number of nitrogens with zero attached hydrogens (tertiary/aromatic N) is 2. The molecule has 0 aliphatic carbocycles. The average molecular weight is 498 g/mol. The molecule has 4 heterocycles. The smallest absolute Gasteiger partial charge is 0.353 e. The van der Waals surface area contributed by atoms with Crippen molar-refractivity contribution in [2.75, 3.05) is 33.2 Å². The van der Waals surface area contributed by atoms with E-state index in [4.69, 9.17) is 0 Å². The average Bonchev–Trinajstić information content (AvgIpc) is 3.46. The van der Waals surface area contributed by atoms with Crippen LogP contribution in [0.15, 0.2) is 10.6 Å². The van der Waals surface area contributed by atoms with E-state index in [-0.39, 0.29) is 53.7 Å². The lowest BCUT2D eigenvalue weighted by atomic mass is 9.78. The number of aliphatic carboxylic acids is 1. The second kappa shape index (κ2) is 9.82. The molecule has 0 radical (unpaired) electrons. The van der Waals surface area contributed by atoms with Crippen LogP contribution >= 0.6 is 11.8 Å². The third kappa shape index (κ3) is 4.42. The van der Waals surface area contributed by atoms with Gasteiger partial charge in [0.1, 0.15) is 11.9 Å². The number of likely N-dealkylation sites (tertiary alicyclic amines) is 1. The molecule has 0 aromatic heterocycles. The van der Waals surface area contributed by atoms with Gasteiger partial charge in [-0.05, 0) is 26.8 Å². The Labute approximate surface area is 202 Å². The largest absolute Gasteiger partial charge is 0.477 e. The Balaban J connectivity index is 1.43. The zero-order valence-corrected chi connectivity index (χ0v) is 20.4. The van der Waals surface area contributed by atoms with E-state index in [0.717, 1.165) is 0 Å². The van der Waals surface area contributed by atoms with Gasteiger partial charge in [0.05, 0.1) is 31.1 Å². The van der Waals surface area contributed by atoms with Gasteiger partial charge in [-0.1, -0.05) is 6.92 Å². The van der Waals surface area contributed by atoms with Crippen molar-refractivity contribution in [3.8, 4) is 0 Å². The van der Waals surface area contributed by atoms with Crippen LogP contribution in [-0.4, -0.2) is 101 Å². The lowest BCUT2D eigenvalue weighted by Gasteiger charge is -2.47. The summed E-state index contributed by atoms with van der Waals surface area (Å²) in [7, 11) is 1.66. The number of hydrogen-bond acceptors (Lipinski definition) is 7. The molecule has 188 valence electrons. The first-order chi connectivity index (χ1) is 16.1. The molecule has 3 saturated heterocycles. The molecular weight excluding hydrogens is 465 g/mol. The number of nitrogens with one attached hydrogen (secondary N) is 3. The van der Waals surface area contributed by atoms with Crippen molar-refractivity contribution in [3.05, 3.63) is 10.6 Å². The van der Waals surface area contributed by atoms with Crippen LogP contribution in [0.25, 0.3) is 0 Å². The van der Waals surface area contributed by atoms with E-state index < -0.39 is 30.1 Å². The first-order valence-corrected chi connectivity index (χ1v) is 12.6. The molecule has 4 aliphatic heterocycles. The van der Waals surface area contributed by atoms with Crippen molar-refractivity contribution < 1.29 is 28.7 Å². The molecule has 34 heavy (non-hydrogen) atoms. The topological polar surface area (TPSA) is 131 Å². The Morgan fingerprint density at radius 3 is 2.71 bits per heavy atom. The van der Waals surface area contributed by atoms with Crippen LogP contribution < -0.4 is 16.0 Å². The summed E-state index contributed by atoms with van der Waals surface area (Å²) in [6.45, 7) is 4.88. The summed E-state index contributed by atoms with van der Waals surface area (Å²) in [6.07, 6.45) is -0.0967. The van der Waals surface area contributed by atoms with E-state index in [1.54, 1.807) is 18.9 Å². The van der Waals surface area contributed by atoms with Crippen molar-refractivity contribution in [2.24, 2.45) is 11.8 Å². The summed E-state index contributed by atoms with van der Waals surface area (Å²) < 4.78 is 13.5. The number of alkyl halides is 1. The standard InChI is InChI=1S/C22H32FN5O5S/c1-10-17-16(11(2)26-15(29)8-24-3)21(31)28(17)18(22(32)33)19(10)34-13-6-14(25-7-13)20(30)27-5-4-12(23)9-27/h10-14,16-17,24-25H,4-9H2,1-3H3,(H,26,29)(H,32,33)/t10-,11-,12-,13+,14+,16-,17-/m1/s1. The number of thioether (sulfide) groups is 1. The highest BCUT2D eigenvalue weighted by molar-refractivity contribution is 8.03. The van der Waals surface area contributed by atoms with Gasteiger partial charge in [0.15, 0.2) is 0 Å². The van der Waals surface area contributed by atoms with Gasteiger partial charge in [0.25, 0.3) is 0 Å². The lowest BCUT2D eigenvalue weighted by Crippen LogP contribution is -2.66. The van der Waals surface area contributed by atoms with Crippen LogP contribution in [0, 0.1) is 11.8 Å². The van der Waals surface area contributed by atoms with E-state index in [2.05, 4.69) is 16.0 Å². The number of halogens is 1. The van der Waals surface area contributed by atoms with E-state index >= 15 is 0 Å². The number of fused-ring (bicyclic) bond motifs is 1. The van der Waals surface area contributed by atoms with Crippen molar-refractivity contribution in [3.63, 3.8) is 0 Å². The molecule has 4 aliphatic rings. The summed E-state index contributed by atoms with van der Waals surface area (Å²) in [5.41, 5.74) is 0.00657. The van der Waals surface area contributed by atoms with Gasteiger partial charge in [0, 0.05) is 35.2 Å². The van der Waals surface area contributed by atoms with Crippen LogP contribution in [0.3, 0.4) is 0 Å². The molecular formula is C22H32FN5O5S. The van der Waals surface area contributed by atoms with Gasteiger partial charge >= 0.3 is 5.97 Å². The third-order valence-corrected chi connectivity index (χ3v) is 8.69. The fraction of sp³-hybridized carbons (Fsp3) is 0.727. The summed E-state index contributed by atoms with van der Waals surface area (Å²) in [6, 6.07) is -1.17. The molecule has 0 saturated carbocycles. The monoisotopic (exact) mass is 497 g/mol. The van der Waals surface area contributed by atoms with E-state index in [9.17, 15) is 28.7 Å². The molecule has 0 unspecified atom stereocenters. The number of β-lactam (4-membered cyclic amide) rings is 1.